The van der Waals surface area contributed by atoms with Gasteiger partial charge in [0.25, 0.3) is 0 Å². The number of rotatable bonds is 6. The van der Waals surface area contributed by atoms with Gasteiger partial charge >= 0.3 is 0 Å². The van der Waals surface area contributed by atoms with Crippen LogP contribution in [0.15, 0.2) is 29.4 Å². The highest BCUT2D eigenvalue weighted by atomic mass is 127. The van der Waals surface area contributed by atoms with Crippen molar-refractivity contribution in [2.75, 3.05) is 6.54 Å². The molecule has 2 heterocycles. The Morgan fingerprint density at radius 1 is 1.43 bits per heavy atom. The quantitative estimate of drug-likeness (QED) is 0.335. The summed E-state index contributed by atoms with van der Waals surface area (Å²) in [4.78, 5) is 4.32. The second kappa shape index (κ2) is 8.81. The molecule has 0 aliphatic heterocycles. The standard InChI is InChI=1S/C14H22N6.HI/c1-3-11(2)17-14(15)16-9-6-8-13-19-18-12-7-4-5-10-20(12)13;/h4-5,7,10-11H,3,6,8-9H2,1-2H3,(H3,15,16,17);1H. The third-order valence-electron chi connectivity index (χ3n) is 3.23. The lowest BCUT2D eigenvalue weighted by atomic mass is 10.3. The predicted molar refractivity (Wildman–Crippen MR) is 96.1 cm³/mol. The molecule has 0 aromatic carbocycles. The molecule has 0 saturated heterocycles. The summed E-state index contributed by atoms with van der Waals surface area (Å²) in [7, 11) is 0. The Morgan fingerprint density at radius 2 is 2.24 bits per heavy atom. The van der Waals surface area contributed by atoms with Crippen molar-refractivity contribution in [2.45, 2.75) is 39.2 Å². The number of guanidine groups is 1. The highest BCUT2D eigenvalue weighted by molar-refractivity contribution is 14.0. The van der Waals surface area contributed by atoms with E-state index in [9.17, 15) is 0 Å². The molecule has 7 heteroatoms. The van der Waals surface area contributed by atoms with Crippen LogP contribution in [0.2, 0.25) is 0 Å². The van der Waals surface area contributed by atoms with E-state index in [0.29, 0.717) is 18.5 Å². The van der Waals surface area contributed by atoms with Crippen molar-refractivity contribution in [1.82, 2.24) is 19.9 Å². The zero-order chi connectivity index (χ0) is 14.4. The molecule has 0 spiro atoms. The number of nitrogens with zero attached hydrogens (tertiary/aromatic N) is 4. The molecule has 0 aliphatic carbocycles. The first-order valence-corrected chi connectivity index (χ1v) is 7.05. The summed E-state index contributed by atoms with van der Waals surface area (Å²) in [5, 5.41) is 11.5. The fourth-order valence-corrected chi connectivity index (χ4v) is 1.90. The molecule has 0 bridgehead atoms. The highest BCUT2D eigenvalue weighted by Gasteiger charge is 2.04. The van der Waals surface area contributed by atoms with E-state index >= 15 is 0 Å². The molecule has 2 aromatic rings. The molecule has 2 rings (SSSR count). The van der Waals surface area contributed by atoms with E-state index in [-0.39, 0.29) is 24.0 Å². The van der Waals surface area contributed by atoms with Gasteiger partial charge in [-0.2, -0.15) is 0 Å². The molecular weight excluding hydrogens is 379 g/mol. The van der Waals surface area contributed by atoms with E-state index in [0.717, 1.165) is 30.7 Å². The van der Waals surface area contributed by atoms with Crippen molar-refractivity contribution in [1.29, 1.82) is 0 Å². The summed E-state index contributed by atoms with van der Waals surface area (Å²) in [6.07, 6.45) is 4.75. The Labute approximate surface area is 142 Å². The molecule has 0 fully saturated rings. The summed E-state index contributed by atoms with van der Waals surface area (Å²) in [6, 6.07) is 6.24. The van der Waals surface area contributed by atoms with Crippen molar-refractivity contribution in [3.05, 3.63) is 30.2 Å². The Balaban J connectivity index is 0.00000220. The van der Waals surface area contributed by atoms with Crippen LogP contribution in [-0.4, -0.2) is 33.1 Å². The van der Waals surface area contributed by atoms with Crippen LogP contribution in [0.3, 0.4) is 0 Å². The van der Waals surface area contributed by atoms with E-state index < -0.39 is 0 Å². The Morgan fingerprint density at radius 3 is 3.00 bits per heavy atom. The number of fused-ring (bicyclic) bond motifs is 1. The van der Waals surface area contributed by atoms with Gasteiger partial charge in [-0.05, 0) is 31.9 Å². The van der Waals surface area contributed by atoms with Crippen molar-refractivity contribution in [3.63, 3.8) is 0 Å². The van der Waals surface area contributed by atoms with Crippen molar-refractivity contribution in [3.8, 4) is 0 Å². The summed E-state index contributed by atoms with van der Waals surface area (Å²) in [5.41, 5.74) is 6.68. The first-order chi connectivity index (χ1) is 9.70. The van der Waals surface area contributed by atoms with Crippen LogP contribution < -0.4 is 11.1 Å². The first kappa shape index (κ1) is 17.7. The van der Waals surface area contributed by atoms with E-state index in [1.807, 2.05) is 28.8 Å². The van der Waals surface area contributed by atoms with Gasteiger partial charge in [0.2, 0.25) is 0 Å². The van der Waals surface area contributed by atoms with Crippen molar-refractivity contribution < 1.29 is 0 Å². The summed E-state index contributed by atoms with van der Waals surface area (Å²) >= 11 is 0. The second-order valence-electron chi connectivity index (χ2n) is 4.87. The maximum absolute atomic E-state index is 5.81. The SMILES string of the molecule is CCC(C)NC(N)=NCCCc1nnc2ccccn12.I. The highest BCUT2D eigenvalue weighted by Crippen LogP contribution is 2.05. The number of hydrogen-bond donors (Lipinski definition) is 2. The third-order valence-corrected chi connectivity index (χ3v) is 3.23. The van der Waals surface area contributed by atoms with Gasteiger partial charge in [-0.1, -0.05) is 13.0 Å². The number of nitrogens with one attached hydrogen (secondary N) is 1. The molecule has 1 unspecified atom stereocenters. The van der Waals surface area contributed by atoms with Crippen LogP contribution in [0.1, 0.15) is 32.5 Å². The minimum atomic E-state index is 0. The van der Waals surface area contributed by atoms with Gasteiger partial charge in [0.05, 0.1) is 0 Å². The van der Waals surface area contributed by atoms with Gasteiger partial charge < -0.3 is 11.1 Å². The Hall–Kier alpha value is -1.38. The summed E-state index contributed by atoms with van der Waals surface area (Å²) in [6.45, 7) is 4.89. The Bertz CT molecular complexity index is 580. The number of aliphatic imine (C=N–C) groups is 1. The fourth-order valence-electron chi connectivity index (χ4n) is 1.90. The number of nitrogens with two attached hydrogens (primary N) is 1. The molecule has 1 atom stereocenters. The molecule has 3 N–H and O–H groups in total. The van der Waals surface area contributed by atoms with Gasteiger partial charge in [-0.15, -0.1) is 34.2 Å². The molecule has 0 amide bonds. The van der Waals surface area contributed by atoms with E-state index in [4.69, 9.17) is 5.73 Å². The molecule has 116 valence electrons. The van der Waals surface area contributed by atoms with E-state index in [2.05, 4.69) is 34.4 Å². The second-order valence-corrected chi connectivity index (χ2v) is 4.87. The minimum absolute atomic E-state index is 0. The van der Waals surface area contributed by atoms with Gasteiger partial charge in [-0.25, -0.2) is 0 Å². The number of pyridine rings is 1. The lowest BCUT2D eigenvalue weighted by Crippen LogP contribution is -2.38. The van der Waals surface area contributed by atoms with Crippen LogP contribution in [0.25, 0.3) is 5.65 Å². The molecule has 21 heavy (non-hydrogen) atoms. The number of aromatic nitrogens is 3. The van der Waals surface area contributed by atoms with Crippen LogP contribution in [0.4, 0.5) is 0 Å². The zero-order valence-electron chi connectivity index (χ0n) is 12.5. The smallest absolute Gasteiger partial charge is 0.188 e. The fraction of sp³-hybridized carbons (Fsp3) is 0.500. The predicted octanol–water partition coefficient (Wildman–Crippen LogP) is 1.98. The van der Waals surface area contributed by atoms with Crippen molar-refractivity contribution >= 4 is 35.6 Å². The van der Waals surface area contributed by atoms with E-state index in [1.165, 1.54) is 0 Å². The number of hydrogen-bond acceptors (Lipinski definition) is 3. The molecule has 6 nitrogen and oxygen atoms in total. The third kappa shape index (κ3) is 5.14. The molecule has 0 aliphatic rings. The van der Waals surface area contributed by atoms with Gasteiger partial charge in [0, 0.05) is 25.2 Å². The normalized spacial score (nSPS) is 13.0. The molecule has 0 saturated carbocycles. The summed E-state index contributed by atoms with van der Waals surface area (Å²) < 4.78 is 2.00. The van der Waals surface area contributed by atoms with Crippen LogP contribution >= 0.6 is 24.0 Å². The van der Waals surface area contributed by atoms with Crippen molar-refractivity contribution in [2.24, 2.45) is 10.7 Å². The lowest BCUT2D eigenvalue weighted by molar-refractivity contribution is 0.635. The minimum Gasteiger partial charge on any atom is -0.370 e. The lowest BCUT2D eigenvalue weighted by Gasteiger charge is -2.11. The van der Waals surface area contributed by atoms with Gasteiger partial charge in [0.15, 0.2) is 11.6 Å². The van der Waals surface area contributed by atoms with E-state index in [1.54, 1.807) is 0 Å². The molecular formula is C14H23IN6. The average Bonchev–Trinajstić information content (AvgIpc) is 2.87. The zero-order valence-corrected chi connectivity index (χ0v) is 14.8. The van der Waals surface area contributed by atoms with Crippen LogP contribution in [0, 0.1) is 0 Å². The van der Waals surface area contributed by atoms with Crippen LogP contribution in [-0.2, 0) is 6.42 Å². The maximum Gasteiger partial charge on any atom is 0.188 e. The first-order valence-electron chi connectivity index (χ1n) is 7.05. The maximum atomic E-state index is 5.81. The monoisotopic (exact) mass is 402 g/mol. The van der Waals surface area contributed by atoms with Gasteiger partial charge in [-0.3, -0.25) is 9.39 Å². The van der Waals surface area contributed by atoms with Crippen LogP contribution in [0.5, 0.6) is 0 Å². The number of halogens is 1. The number of aryl methyl sites for hydroxylation is 1. The Kier molecular flexibility index (Phi) is 7.41. The topological polar surface area (TPSA) is 80.6 Å². The largest absolute Gasteiger partial charge is 0.370 e. The van der Waals surface area contributed by atoms with Gasteiger partial charge in [0.1, 0.15) is 5.82 Å². The average molecular weight is 402 g/mol. The molecule has 0 radical (unpaired) electrons. The molecule has 2 aromatic heterocycles. The summed E-state index contributed by atoms with van der Waals surface area (Å²) in [5.74, 6) is 1.48.